The Balaban J connectivity index is 1.73. The van der Waals surface area contributed by atoms with Gasteiger partial charge in [0, 0.05) is 38.7 Å². The standard InChI is InChI=1S/C31H44N8O11S/c1-16(38(2)24(43)14-32)25(27(45)33-15-19-13-22(41)28(50-19)39-10-8-23(42)36-31(39)49)37-26(44)20(9-11-51-3)34-30(48)35-21(29(46)47)12-17-4-6-18(40)7-5-17/h4-8,10,16,19-22,25,28,40-41H,9,11-15,32H2,1-3H3,(H,33,45)(H,37,44)(H,46,47)(H2,34,35,48)(H,36,42,49)/t16-,19+,20-,21-,22+,25?,28+/m0/s1. The molecule has 1 aromatic carbocycles. The lowest BCUT2D eigenvalue weighted by Gasteiger charge is -2.33. The summed E-state index contributed by atoms with van der Waals surface area (Å²) in [5.74, 6) is -3.03. The zero-order chi connectivity index (χ0) is 37.8. The van der Waals surface area contributed by atoms with Gasteiger partial charge in [-0.15, -0.1) is 0 Å². The fourth-order valence-corrected chi connectivity index (χ4v) is 5.72. The number of aliphatic carboxylic acids is 1. The highest BCUT2D eigenvalue weighted by Crippen LogP contribution is 2.27. The third kappa shape index (κ3) is 11.6. The summed E-state index contributed by atoms with van der Waals surface area (Å²) in [7, 11) is 1.40. The molecular formula is C31H44N8O11S. The number of thioether (sulfide) groups is 1. The number of phenolic OH excluding ortho intramolecular Hbond substituents is 1. The molecule has 51 heavy (non-hydrogen) atoms. The third-order valence-electron chi connectivity index (χ3n) is 8.25. The molecule has 10 N–H and O–H groups in total. The van der Waals surface area contributed by atoms with Crippen molar-refractivity contribution in [2.45, 2.75) is 68.8 Å². The quantitative estimate of drug-likeness (QED) is 0.0808. The number of phenols is 1. The van der Waals surface area contributed by atoms with Crippen LogP contribution >= 0.6 is 11.8 Å². The molecule has 2 heterocycles. The van der Waals surface area contributed by atoms with Crippen molar-refractivity contribution in [2.75, 3.05) is 32.1 Å². The molecule has 1 aliphatic heterocycles. The van der Waals surface area contributed by atoms with Gasteiger partial charge in [-0.05, 0) is 43.0 Å². The van der Waals surface area contributed by atoms with E-state index in [2.05, 4.69) is 26.3 Å². The van der Waals surface area contributed by atoms with Gasteiger partial charge in [-0.3, -0.25) is 28.7 Å². The number of likely N-dealkylation sites (N-methyl/N-ethyl adjacent to an activating group) is 1. The first kappa shape index (κ1) is 40.5. The van der Waals surface area contributed by atoms with E-state index >= 15 is 0 Å². The number of nitrogens with one attached hydrogen (secondary N) is 5. The van der Waals surface area contributed by atoms with E-state index in [0.29, 0.717) is 11.3 Å². The summed E-state index contributed by atoms with van der Waals surface area (Å²) in [5, 5.41) is 39.8. The number of hydrogen-bond donors (Lipinski definition) is 9. The molecule has 0 aliphatic carbocycles. The van der Waals surface area contributed by atoms with E-state index in [1.165, 1.54) is 61.1 Å². The van der Waals surface area contributed by atoms with Crippen molar-refractivity contribution in [3.63, 3.8) is 0 Å². The number of aliphatic hydroxyl groups excluding tert-OH is 1. The minimum Gasteiger partial charge on any atom is -0.508 e. The number of aromatic nitrogens is 2. The smallest absolute Gasteiger partial charge is 0.330 e. The lowest BCUT2D eigenvalue weighted by Crippen LogP contribution is -2.62. The number of rotatable bonds is 17. The first-order chi connectivity index (χ1) is 24.1. The minimum absolute atomic E-state index is 0.00846. The largest absolute Gasteiger partial charge is 0.508 e. The number of aromatic amines is 1. The molecule has 2 aromatic rings. The highest BCUT2D eigenvalue weighted by atomic mass is 32.2. The number of aliphatic hydroxyl groups is 1. The van der Waals surface area contributed by atoms with Gasteiger partial charge in [0.05, 0.1) is 18.7 Å². The average molecular weight is 737 g/mol. The minimum atomic E-state index is -1.38. The van der Waals surface area contributed by atoms with Crippen molar-refractivity contribution in [3.05, 3.63) is 62.9 Å². The maximum absolute atomic E-state index is 13.6. The van der Waals surface area contributed by atoms with Crippen LogP contribution in [0.5, 0.6) is 5.75 Å². The first-order valence-corrected chi connectivity index (χ1v) is 17.3. The van der Waals surface area contributed by atoms with Crippen molar-refractivity contribution >= 4 is 41.5 Å². The van der Waals surface area contributed by atoms with Crippen LogP contribution in [0.25, 0.3) is 0 Å². The zero-order valence-corrected chi connectivity index (χ0v) is 29.1. The van der Waals surface area contributed by atoms with Crippen LogP contribution in [0.4, 0.5) is 4.79 Å². The highest BCUT2D eigenvalue weighted by Gasteiger charge is 2.38. The van der Waals surface area contributed by atoms with Gasteiger partial charge in [0.25, 0.3) is 5.56 Å². The predicted molar refractivity (Wildman–Crippen MR) is 184 cm³/mol. The summed E-state index contributed by atoms with van der Waals surface area (Å²) >= 11 is 1.38. The second-order valence-electron chi connectivity index (χ2n) is 11.9. The first-order valence-electron chi connectivity index (χ1n) is 15.9. The fraction of sp³-hybridized carbons (Fsp3) is 0.516. The number of amides is 5. The average Bonchev–Trinajstić information content (AvgIpc) is 3.46. The van der Waals surface area contributed by atoms with Crippen LogP contribution in [0.15, 0.2) is 46.1 Å². The maximum atomic E-state index is 13.6. The summed E-state index contributed by atoms with van der Waals surface area (Å²) in [5.41, 5.74) is 4.62. The Bertz CT molecular complexity index is 1650. The molecule has 7 atom stereocenters. The number of hydrogen-bond acceptors (Lipinski definition) is 12. The van der Waals surface area contributed by atoms with Gasteiger partial charge in [-0.2, -0.15) is 11.8 Å². The van der Waals surface area contributed by atoms with E-state index in [-0.39, 0.29) is 38.1 Å². The monoisotopic (exact) mass is 736 g/mol. The lowest BCUT2D eigenvalue weighted by molar-refractivity contribution is -0.139. The zero-order valence-electron chi connectivity index (χ0n) is 28.2. The number of carbonyl (C=O) groups excluding carboxylic acids is 4. The molecule has 20 heteroatoms. The predicted octanol–water partition coefficient (Wildman–Crippen LogP) is -2.59. The van der Waals surface area contributed by atoms with Gasteiger partial charge in [-0.1, -0.05) is 12.1 Å². The van der Waals surface area contributed by atoms with E-state index in [4.69, 9.17) is 10.5 Å². The lowest BCUT2D eigenvalue weighted by atomic mass is 10.1. The molecule has 0 spiro atoms. The Kier molecular flexibility index (Phi) is 15.0. The number of nitrogens with zero attached hydrogens (tertiary/aromatic N) is 2. The molecule has 0 radical (unpaired) electrons. The molecule has 5 amide bonds. The number of H-pyrrole nitrogens is 1. The number of carboxylic acid groups (broad SMARTS) is 1. The van der Waals surface area contributed by atoms with Crippen molar-refractivity contribution < 1.29 is 44.0 Å². The van der Waals surface area contributed by atoms with Crippen LogP contribution in [0.3, 0.4) is 0 Å². The fourth-order valence-electron chi connectivity index (χ4n) is 5.25. The summed E-state index contributed by atoms with van der Waals surface area (Å²) in [6, 6.07) is 0.941. The van der Waals surface area contributed by atoms with Gasteiger partial charge in [0.1, 0.15) is 30.0 Å². The number of nitrogens with two attached hydrogens (primary N) is 1. The van der Waals surface area contributed by atoms with Crippen LogP contribution < -0.4 is 38.2 Å². The maximum Gasteiger partial charge on any atom is 0.330 e. The summed E-state index contributed by atoms with van der Waals surface area (Å²) in [6.45, 7) is 0.950. The second-order valence-corrected chi connectivity index (χ2v) is 12.8. The van der Waals surface area contributed by atoms with Gasteiger partial charge >= 0.3 is 17.7 Å². The van der Waals surface area contributed by atoms with E-state index in [9.17, 15) is 48.9 Å². The molecule has 1 saturated heterocycles. The van der Waals surface area contributed by atoms with Crippen LogP contribution in [0, 0.1) is 0 Å². The molecule has 1 aromatic heterocycles. The van der Waals surface area contributed by atoms with Crippen molar-refractivity contribution in [1.29, 1.82) is 0 Å². The molecule has 19 nitrogen and oxygen atoms in total. The Labute approximate surface area is 296 Å². The van der Waals surface area contributed by atoms with Gasteiger partial charge in [-0.25, -0.2) is 14.4 Å². The molecule has 1 aliphatic rings. The van der Waals surface area contributed by atoms with Crippen LogP contribution in [-0.2, 0) is 30.3 Å². The third-order valence-corrected chi connectivity index (χ3v) is 8.89. The number of carboxylic acids is 1. The van der Waals surface area contributed by atoms with E-state index in [0.717, 1.165) is 10.6 Å². The molecule has 280 valence electrons. The summed E-state index contributed by atoms with van der Waals surface area (Å²) in [4.78, 5) is 91.5. The van der Waals surface area contributed by atoms with E-state index in [1.807, 2.05) is 0 Å². The van der Waals surface area contributed by atoms with Gasteiger partial charge in [0.2, 0.25) is 17.7 Å². The second kappa shape index (κ2) is 18.9. The normalized spacial score (nSPS) is 19.2. The van der Waals surface area contributed by atoms with Gasteiger partial charge < -0.3 is 52.0 Å². The molecule has 0 bridgehead atoms. The number of carbonyl (C=O) groups is 5. The van der Waals surface area contributed by atoms with Crippen LogP contribution in [0.1, 0.15) is 31.6 Å². The number of ether oxygens (including phenoxy) is 1. The SMILES string of the molecule is CSCC[C@H](NC(=O)N[C@@H](Cc1ccc(O)cc1)C(=O)O)C(=O)NC(C(=O)NC[C@H]1C[C@@H](O)[C@H](n2ccc(=O)[nH]c2=O)O1)[C@H](C)N(C)C(=O)CN. The number of urea groups is 1. The molecule has 0 saturated carbocycles. The Morgan fingerprint density at radius 1 is 1.08 bits per heavy atom. The number of benzene rings is 1. The van der Waals surface area contributed by atoms with Crippen LogP contribution in [-0.4, -0.2) is 128 Å². The van der Waals surface area contributed by atoms with E-state index in [1.54, 1.807) is 6.26 Å². The van der Waals surface area contributed by atoms with Crippen molar-refractivity contribution in [3.8, 4) is 5.75 Å². The summed E-state index contributed by atoms with van der Waals surface area (Å²) < 4.78 is 6.78. The Morgan fingerprint density at radius 2 is 1.75 bits per heavy atom. The van der Waals surface area contributed by atoms with E-state index < -0.39 is 83.6 Å². The van der Waals surface area contributed by atoms with Gasteiger partial charge in [0.15, 0.2) is 6.23 Å². The molecule has 1 fully saturated rings. The Morgan fingerprint density at radius 3 is 2.35 bits per heavy atom. The van der Waals surface area contributed by atoms with Crippen molar-refractivity contribution in [2.24, 2.45) is 5.73 Å². The molecule has 3 rings (SSSR count). The highest BCUT2D eigenvalue weighted by molar-refractivity contribution is 7.98. The summed E-state index contributed by atoms with van der Waals surface area (Å²) in [6.07, 6.45) is -0.150. The van der Waals surface area contributed by atoms with Crippen LogP contribution in [0.2, 0.25) is 0 Å². The molecular weight excluding hydrogens is 692 g/mol. The topological polar surface area (TPSA) is 288 Å². The molecule has 1 unspecified atom stereocenters. The number of aromatic hydroxyl groups is 1. The van der Waals surface area contributed by atoms with Crippen molar-refractivity contribution in [1.82, 2.24) is 35.7 Å². The Hall–Kier alpha value is -4.92.